The lowest BCUT2D eigenvalue weighted by atomic mass is 10.0. The molecule has 0 aliphatic heterocycles. The lowest BCUT2D eigenvalue weighted by molar-refractivity contribution is 0.102. The number of carbonyl (C=O) groups is 1. The van der Waals surface area contributed by atoms with E-state index in [-0.39, 0.29) is 16.6 Å². The Hall–Kier alpha value is -4.28. The van der Waals surface area contributed by atoms with Crippen molar-refractivity contribution in [1.82, 2.24) is 9.78 Å². The van der Waals surface area contributed by atoms with Crippen molar-refractivity contribution in [2.75, 3.05) is 5.32 Å². The maximum absolute atomic E-state index is 12.9. The molecular formula is C24H22N6O3S. The molecule has 3 aromatic carbocycles. The van der Waals surface area contributed by atoms with Crippen molar-refractivity contribution in [3.8, 4) is 16.8 Å². The van der Waals surface area contributed by atoms with E-state index < -0.39 is 10.0 Å². The number of anilines is 1. The number of nitrogens with two attached hydrogens (primary N) is 2. The molecule has 1 aromatic heterocycles. The summed E-state index contributed by atoms with van der Waals surface area (Å²) in [4.78, 5) is 12.9. The summed E-state index contributed by atoms with van der Waals surface area (Å²) in [5.74, 6) is 0.0161. The van der Waals surface area contributed by atoms with Crippen molar-refractivity contribution < 1.29 is 13.2 Å². The summed E-state index contributed by atoms with van der Waals surface area (Å²) in [5, 5.41) is 20.3. The SMILES string of the molecule is Cc1cc(NC(=O)c2ccc(-c3ccccc3S(N)(=O)=O)cc2)n(-c2cccc(C(=N)N)c2)n1. The van der Waals surface area contributed by atoms with Gasteiger partial charge in [0.05, 0.1) is 16.3 Å². The standard InChI is InChI=1S/C24H22N6O3S/c1-15-13-22(30(29-15)19-6-4-5-18(14-19)23(25)26)28-24(31)17-11-9-16(10-12-17)20-7-2-3-8-21(20)34(27,32)33/h2-14H,1H3,(H3,25,26)(H,28,31)(H2,27,32,33). The van der Waals surface area contributed by atoms with E-state index in [0.29, 0.717) is 39.5 Å². The molecule has 0 spiro atoms. The topological polar surface area (TPSA) is 157 Å². The minimum atomic E-state index is -3.90. The van der Waals surface area contributed by atoms with Gasteiger partial charge in [-0.1, -0.05) is 42.5 Å². The van der Waals surface area contributed by atoms with Crippen molar-refractivity contribution in [1.29, 1.82) is 5.41 Å². The van der Waals surface area contributed by atoms with Crippen LogP contribution in [-0.2, 0) is 10.0 Å². The first-order valence-electron chi connectivity index (χ1n) is 10.2. The van der Waals surface area contributed by atoms with Gasteiger partial charge in [0.25, 0.3) is 5.91 Å². The van der Waals surface area contributed by atoms with E-state index in [4.69, 9.17) is 16.3 Å². The van der Waals surface area contributed by atoms with Gasteiger partial charge in [0.2, 0.25) is 10.0 Å². The highest BCUT2D eigenvalue weighted by Crippen LogP contribution is 2.27. The molecule has 6 N–H and O–H groups in total. The summed E-state index contributed by atoms with van der Waals surface area (Å²) in [6.07, 6.45) is 0. The van der Waals surface area contributed by atoms with Crippen LogP contribution in [0.25, 0.3) is 16.8 Å². The fraction of sp³-hybridized carbons (Fsp3) is 0.0417. The highest BCUT2D eigenvalue weighted by atomic mass is 32.2. The van der Waals surface area contributed by atoms with E-state index in [9.17, 15) is 13.2 Å². The highest BCUT2D eigenvalue weighted by molar-refractivity contribution is 7.89. The molecule has 9 nitrogen and oxygen atoms in total. The molecule has 4 aromatic rings. The second kappa shape index (κ2) is 8.93. The molecule has 0 unspecified atom stereocenters. The van der Waals surface area contributed by atoms with Gasteiger partial charge in [-0.25, -0.2) is 18.2 Å². The van der Waals surface area contributed by atoms with E-state index in [2.05, 4.69) is 10.4 Å². The molecule has 10 heteroatoms. The minimum Gasteiger partial charge on any atom is -0.384 e. The fourth-order valence-electron chi connectivity index (χ4n) is 3.53. The van der Waals surface area contributed by atoms with Crippen LogP contribution in [0, 0.1) is 12.3 Å². The van der Waals surface area contributed by atoms with E-state index in [1.807, 2.05) is 0 Å². The molecule has 1 heterocycles. The Kier molecular flexibility index (Phi) is 6.01. The summed E-state index contributed by atoms with van der Waals surface area (Å²) in [5.41, 5.74) is 8.91. The Morgan fingerprint density at radius 2 is 1.68 bits per heavy atom. The Morgan fingerprint density at radius 3 is 2.35 bits per heavy atom. The van der Waals surface area contributed by atoms with Gasteiger partial charge in [0, 0.05) is 22.8 Å². The summed E-state index contributed by atoms with van der Waals surface area (Å²) < 4.78 is 25.4. The zero-order valence-electron chi connectivity index (χ0n) is 18.2. The predicted molar refractivity (Wildman–Crippen MR) is 131 cm³/mol. The average molecular weight is 475 g/mol. The number of hydrogen-bond acceptors (Lipinski definition) is 5. The first-order valence-corrected chi connectivity index (χ1v) is 11.7. The Bertz CT molecular complexity index is 1510. The zero-order valence-corrected chi connectivity index (χ0v) is 19.0. The Morgan fingerprint density at radius 1 is 0.971 bits per heavy atom. The number of aryl methyl sites for hydroxylation is 1. The summed E-state index contributed by atoms with van der Waals surface area (Å²) >= 11 is 0. The Labute approximate surface area is 196 Å². The number of carbonyl (C=O) groups excluding carboxylic acids is 1. The number of amidine groups is 1. The normalized spacial score (nSPS) is 11.2. The van der Waals surface area contributed by atoms with Gasteiger partial charge in [0.15, 0.2) is 0 Å². The molecule has 0 saturated carbocycles. The second-order valence-corrected chi connectivity index (χ2v) is 9.15. The van der Waals surface area contributed by atoms with Gasteiger partial charge in [0.1, 0.15) is 11.7 Å². The molecule has 0 bridgehead atoms. The quantitative estimate of drug-likeness (QED) is 0.249. The van der Waals surface area contributed by atoms with E-state index in [0.717, 1.165) is 0 Å². The number of primary sulfonamides is 1. The van der Waals surface area contributed by atoms with Gasteiger partial charge in [-0.2, -0.15) is 5.10 Å². The van der Waals surface area contributed by atoms with Crippen LogP contribution in [0.5, 0.6) is 0 Å². The number of amides is 1. The van der Waals surface area contributed by atoms with Crippen LogP contribution >= 0.6 is 0 Å². The van der Waals surface area contributed by atoms with Crippen LogP contribution in [0.15, 0.2) is 83.8 Å². The van der Waals surface area contributed by atoms with Crippen molar-refractivity contribution in [3.05, 3.63) is 95.7 Å². The van der Waals surface area contributed by atoms with Crippen LogP contribution in [0.4, 0.5) is 5.82 Å². The molecular weight excluding hydrogens is 452 g/mol. The monoisotopic (exact) mass is 474 g/mol. The number of sulfonamides is 1. The van der Waals surface area contributed by atoms with Gasteiger partial charge < -0.3 is 11.1 Å². The molecule has 0 fully saturated rings. The maximum atomic E-state index is 12.9. The van der Waals surface area contributed by atoms with Crippen LogP contribution in [0.1, 0.15) is 21.6 Å². The summed E-state index contributed by atoms with van der Waals surface area (Å²) in [6.45, 7) is 1.80. The molecule has 0 radical (unpaired) electrons. The van der Waals surface area contributed by atoms with Gasteiger partial charge >= 0.3 is 0 Å². The molecule has 172 valence electrons. The Balaban J connectivity index is 1.61. The number of aromatic nitrogens is 2. The van der Waals surface area contributed by atoms with E-state index in [1.54, 1.807) is 84.4 Å². The number of nitrogens with one attached hydrogen (secondary N) is 2. The van der Waals surface area contributed by atoms with Crippen LogP contribution in [0.3, 0.4) is 0 Å². The van der Waals surface area contributed by atoms with Crippen LogP contribution in [0.2, 0.25) is 0 Å². The third-order valence-corrected chi connectivity index (χ3v) is 6.10. The molecule has 0 saturated heterocycles. The minimum absolute atomic E-state index is 0.0133. The van der Waals surface area contributed by atoms with E-state index >= 15 is 0 Å². The fourth-order valence-corrected chi connectivity index (χ4v) is 4.29. The average Bonchev–Trinajstić information content (AvgIpc) is 3.18. The molecule has 4 rings (SSSR count). The van der Waals surface area contributed by atoms with Crippen LogP contribution in [-0.4, -0.2) is 29.9 Å². The molecule has 0 atom stereocenters. The number of nitrogen functional groups attached to an aromatic ring is 1. The molecule has 0 aliphatic carbocycles. The summed E-state index contributed by atoms with van der Waals surface area (Å²) in [6, 6.07) is 21.7. The number of benzene rings is 3. The maximum Gasteiger partial charge on any atom is 0.256 e. The summed E-state index contributed by atoms with van der Waals surface area (Å²) in [7, 11) is -3.90. The predicted octanol–water partition coefficient (Wildman–Crippen LogP) is 3.03. The number of rotatable bonds is 6. The molecule has 34 heavy (non-hydrogen) atoms. The number of nitrogens with zero attached hydrogens (tertiary/aromatic N) is 2. The second-order valence-electron chi connectivity index (χ2n) is 7.62. The first kappa shape index (κ1) is 22.9. The van der Waals surface area contributed by atoms with Crippen molar-refractivity contribution in [2.45, 2.75) is 11.8 Å². The van der Waals surface area contributed by atoms with Crippen molar-refractivity contribution in [3.63, 3.8) is 0 Å². The van der Waals surface area contributed by atoms with Gasteiger partial charge in [-0.3, -0.25) is 10.2 Å². The van der Waals surface area contributed by atoms with E-state index in [1.165, 1.54) is 6.07 Å². The highest BCUT2D eigenvalue weighted by Gasteiger charge is 2.16. The molecule has 0 aliphatic rings. The smallest absolute Gasteiger partial charge is 0.256 e. The lowest BCUT2D eigenvalue weighted by Crippen LogP contribution is -2.16. The zero-order chi connectivity index (χ0) is 24.5. The largest absolute Gasteiger partial charge is 0.384 e. The van der Waals surface area contributed by atoms with Gasteiger partial charge in [-0.15, -0.1) is 0 Å². The third kappa shape index (κ3) is 4.72. The lowest BCUT2D eigenvalue weighted by Gasteiger charge is -2.11. The first-order chi connectivity index (χ1) is 16.1. The van der Waals surface area contributed by atoms with Crippen molar-refractivity contribution >= 4 is 27.6 Å². The van der Waals surface area contributed by atoms with Gasteiger partial charge in [-0.05, 0) is 42.8 Å². The molecule has 1 amide bonds. The van der Waals surface area contributed by atoms with Crippen LogP contribution < -0.4 is 16.2 Å². The third-order valence-electron chi connectivity index (χ3n) is 5.13. The van der Waals surface area contributed by atoms with Crippen molar-refractivity contribution in [2.24, 2.45) is 10.9 Å². The number of hydrogen-bond donors (Lipinski definition) is 4.